The Morgan fingerprint density at radius 1 is 1.15 bits per heavy atom. The number of hydrogen-bond acceptors (Lipinski definition) is 1. The lowest BCUT2D eigenvalue weighted by Gasteiger charge is -2.18. The molecule has 0 saturated heterocycles. The molecule has 4 heteroatoms. The first kappa shape index (κ1) is 15.9. The number of benzene rings is 2. The molecule has 0 aliphatic rings. The quantitative estimate of drug-likeness (QED) is 0.530. The van der Waals surface area contributed by atoms with Gasteiger partial charge in [-0.15, -0.1) is 0 Å². The summed E-state index contributed by atoms with van der Waals surface area (Å²) in [5.41, 5.74) is 3.39. The molecule has 2 aromatic carbocycles. The average Bonchev–Trinajstić information content (AvgIpc) is 2.43. The first-order chi connectivity index (χ1) is 9.52. The molecule has 2 aromatic rings. The summed E-state index contributed by atoms with van der Waals surface area (Å²) in [5, 5.41) is 0.721. The number of hydrogen-bond donors (Lipinski definition) is 0. The third-order valence-corrected chi connectivity index (χ3v) is 4.91. The Labute approximate surface area is 141 Å². The Bertz CT molecular complexity index is 613. The summed E-state index contributed by atoms with van der Waals surface area (Å²) >= 11 is 13.5. The zero-order valence-corrected chi connectivity index (χ0v) is 15.2. The SMILES string of the molecule is CCOc1ccc(C)cc1C(Br)c1cc(Cl)ccc1Br. The first-order valence-corrected chi connectivity index (χ1v) is 8.44. The number of halogens is 3. The van der Waals surface area contributed by atoms with Crippen LogP contribution in [0, 0.1) is 6.92 Å². The minimum Gasteiger partial charge on any atom is -0.494 e. The molecular formula is C16H15Br2ClO. The van der Waals surface area contributed by atoms with Crippen molar-refractivity contribution in [3.05, 3.63) is 62.6 Å². The minimum absolute atomic E-state index is 0.0250. The maximum atomic E-state index is 6.11. The van der Waals surface area contributed by atoms with E-state index in [1.807, 2.05) is 31.2 Å². The zero-order valence-electron chi connectivity index (χ0n) is 11.3. The molecule has 0 aliphatic carbocycles. The summed E-state index contributed by atoms with van der Waals surface area (Å²) in [4.78, 5) is 0.0250. The van der Waals surface area contributed by atoms with Crippen LogP contribution in [0.15, 0.2) is 40.9 Å². The fourth-order valence-corrected chi connectivity index (χ4v) is 3.73. The third-order valence-electron chi connectivity index (χ3n) is 2.97. The Morgan fingerprint density at radius 3 is 2.60 bits per heavy atom. The molecule has 0 radical (unpaired) electrons. The Morgan fingerprint density at radius 2 is 1.90 bits per heavy atom. The van der Waals surface area contributed by atoms with Crippen molar-refractivity contribution in [2.45, 2.75) is 18.7 Å². The van der Waals surface area contributed by atoms with Crippen LogP contribution >= 0.6 is 43.5 Å². The summed E-state index contributed by atoms with van der Waals surface area (Å²) in [5.74, 6) is 0.895. The van der Waals surface area contributed by atoms with Gasteiger partial charge in [-0.25, -0.2) is 0 Å². The maximum absolute atomic E-state index is 6.11. The van der Waals surface area contributed by atoms with Gasteiger partial charge in [-0.3, -0.25) is 0 Å². The van der Waals surface area contributed by atoms with E-state index in [1.165, 1.54) is 5.56 Å². The van der Waals surface area contributed by atoms with Crippen LogP contribution in [-0.4, -0.2) is 6.61 Å². The summed E-state index contributed by atoms with van der Waals surface area (Å²) in [6.45, 7) is 4.71. The molecule has 106 valence electrons. The second-order valence-electron chi connectivity index (χ2n) is 4.50. The highest BCUT2D eigenvalue weighted by Crippen LogP contribution is 2.41. The van der Waals surface area contributed by atoms with Gasteiger partial charge in [0.2, 0.25) is 0 Å². The molecule has 2 rings (SSSR count). The van der Waals surface area contributed by atoms with Crippen LogP contribution in [0.3, 0.4) is 0 Å². The number of alkyl halides is 1. The van der Waals surface area contributed by atoms with Crippen molar-refractivity contribution in [3.63, 3.8) is 0 Å². The summed E-state index contributed by atoms with van der Waals surface area (Å²) in [6, 6.07) is 12.0. The van der Waals surface area contributed by atoms with Gasteiger partial charge in [0.15, 0.2) is 0 Å². The van der Waals surface area contributed by atoms with Gasteiger partial charge in [0.25, 0.3) is 0 Å². The molecule has 0 saturated carbocycles. The molecule has 0 fully saturated rings. The fraction of sp³-hybridized carbons (Fsp3) is 0.250. The van der Waals surface area contributed by atoms with Gasteiger partial charge in [0, 0.05) is 15.1 Å². The standard InChI is InChI=1S/C16H15Br2ClO/c1-3-20-15-7-4-10(2)8-13(15)16(18)12-9-11(19)5-6-14(12)17/h4-9,16H,3H2,1-2H3. The molecule has 0 heterocycles. The van der Waals surface area contributed by atoms with Crippen LogP contribution < -0.4 is 4.74 Å². The smallest absolute Gasteiger partial charge is 0.123 e. The Kier molecular flexibility index (Phi) is 5.53. The van der Waals surface area contributed by atoms with E-state index in [4.69, 9.17) is 16.3 Å². The molecule has 0 amide bonds. The zero-order chi connectivity index (χ0) is 14.7. The van der Waals surface area contributed by atoms with E-state index in [0.717, 1.165) is 26.4 Å². The second kappa shape index (κ2) is 6.97. The van der Waals surface area contributed by atoms with E-state index >= 15 is 0 Å². The van der Waals surface area contributed by atoms with Crippen molar-refractivity contribution in [2.75, 3.05) is 6.61 Å². The lowest BCUT2D eigenvalue weighted by molar-refractivity contribution is 0.337. The monoisotopic (exact) mass is 416 g/mol. The summed E-state index contributed by atoms with van der Waals surface area (Å²) < 4.78 is 6.75. The largest absolute Gasteiger partial charge is 0.494 e. The van der Waals surface area contributed by atoms with Gasteiger partial charge < -0.3 is 4.74 Å². The van der Waals surface area contributed by atoms with Crippen molar-refractivity contribution in [3.8, 4) is 5.75 Å². The number of rotatable bonds is 4. The molecule has 0 bridgehead atoms. The molecular weight excluding hydrogens is 403 g/mol. The third kappa shape index (κ3) is 3.57. The first-order valence-electron chi connectivity index (χ1n) is 6.35. The molecule has 0 N–H and O–H groups in total. The van der Waals surface area contributed by atoms with Gasteiger partial charge in [-0.2, -0.15) is 0 Å². The van der Waals surface area contributed by atoms with Crippen molar-refractivity contribution in [1.29, 1.82) is 0 Å². The molecule has 0 spiro atoms. The maximum Gasteiger partial charge on any atom is 0.123 e. The number of aryl methyl sites for hydroxylation is 1. The minimum atomic E-state index is 0.0250. The van der Waals surface area contributed by atoms with Gasteiger partial charge >= 0.3 is 0 Å². The predicted octanol–water partition coefficient (Wildman–Crippen LogP) is 6.29. The molecule has 0 aliphatic heterocycles. The van der Waals surface area contributed by atoms with Crippen LogP contribution in [0.25, 0.3) is 0 Å². The van der Waals surface area contributed by atoms with Gasteiger partial charge in [-0.05, 0) is 43.7 Å². The Hall–Kier alpha value is -0.510. The van der Waals surface area contributed by atoms with Crippen molar-refractivity contribution >= 4 is 43.5 Å². The lowest BCUT2D eigenvalue weighted by Crippen LogP contribution is -2.01. The fourth-order valence-electron chi connectivity index (χ4n) is 2.03. The van der Waals surface area contributed by atoms with Crippen LogP contribution in [0.2, 0.25) is 5.02 Å². The van der Waals surface area contributed by atoms with E-state index in [-0.39, 0.29) is 4.83 Å². The van der Waals surface area contributed by atoms with Gasteiger partial charge in [0.1, 0.15) is 5.75 Å². The molecule has 1 atom stereocenters. The average molecular weight is 419 g/mol. The summed E-state index contributed by atoms with van der Waals surface area (Å²) in [6.07, 6.45) is 0. The highest BCUT2D eigenvalue weighted by atomic mass is 79.9. The van der Waals surface area contributed by atoms with E-state index in [9.17, 15) is 0 Å². The van der Waals surface area contributed by atoms with Crippen molar-refractivity contribution < 1.29 is 4.74 Å². The van der Waals surface area contributed by atoms with E-state index in [2.05, 4.69) is 50.9 Å². The molecule has 1 nitrogen and oxygen atoms in total. The van der Waals surface area contributed by atoms with Crippen LogP contribution in [0.1, 0.15) is 28.4 Å². The topological polar surface area (TPSA) is 9.23 Å². The predicted molar refractivity (Wildman–Crippen MR) is 92.3 cm³/mol. The van der Waals surface area contributed by atoms with E-state index in [0.29, 0.717) is 6.61 Å². The highest BCUT2D eigenvalue weighted by Gasteiger charge is 2.18. The van der Waals surface area contributed by atoms with Gasteiger partial charge in [0.05, 0.1) is 11.4 Å². The Balaban J connectivity index is 2.49. The van der Waals surface area contributed by atoms with Gasteiger partial charge in [-0.1, -0.05) is 61.2 Å². The van der Waals surface area contributed by atoms with Crippen LogP contribution in [0.4, 0.5) is 0 Å². The van der Waals surface area contributed by atoms with E-state index in [1.54, 1.807) is 0 Å². The number of ether oxygens (including phenoxy) is 1. The normalized spacial score (nSPS) is 12.2. The second-order valence-corrected chi connectivity index (χ2v) is 6.71. The lowest BCUT2D eigenvalue weighted by atomic mass is 10.0. The molecule has 20 heavy (non-hydrogen) atoms. The molecule has 0 aromatic heterocycles. The molecule has 1 unspecified atom stereocenters. The van der Waals surface area contributed by atoms with E-state index < -0.39 is 0 Å². The van der Waals surface area contributed by atoms with Crippen molar-refractivity contribution in [2.24, 2.45) is 0 Å². The van der Waals surface area contributed by atoms with Crippen LogP contribution in [0.5, 0.6) is 5.75 Å². The van der Waals surface area contributed by atoms with Crippen LogP contribution in [-0.2, 0) is 0 Å². The highest BCUT2D eigenvalue weighted by molar-refractivity contribution is 9.11. The summed E-state index contributed by atoms with van der Waals surface area (Å²) in [7, 11) is 0. The van der Waals surface area contributed by atoms with Crippen molar-refractivity contribution in [1.82, 2.24) is 0 Å².